The summed E-state index contributed by atoms with van der Waals surface area (Å²) in [4.78, 5) is -2.57. The molecule has 0 bridgehead atoms. The van der Waals surface area contributed by atoms with Gasteiger partial charge in [-0.1, -0.05) is 12.1 Å². The monoisotopic (exact) mass is 951 g/mol. The Bertz CT molecular complexity index is 3710. The average molecular weight is 952 g/mol. The van der Waals surface area contributed by atoms with Crippen molar-refractivity contribution in [3.05, 3.63) is 96.6 Å². The van der Waals surface area contributed by atoms with Crippen LogP contribution in [0.5, 0.6) is 17.2 Å². The van der Waals surface area contributed by atoms with Crippen molar-refractivity contribution in [3.8, 4) is 17.2 Å². The topological polar surface area (TPSA) is 367 Å². The molecule has 0 aliphatic heterocycles. The number of azo groups is 3. The molecule has 0 unspecified atom stereocenters. The maximum absolute atomic E-state index is 12.2. The van der Waals surface area contributed by atoms with Gasteiger partial charge in [-0.15, -0.1) is 25.6 Å². The van der Waals surface area contributed by atoms with Gasteiger partial charge in [-0.2, -0.15) is 38.8 Å². The fourth-order valence-electron chi connectivity index (χ4n) is 6.45. The number of anilines is 1. The normalized spacial score (nSPS) is 13.0. The van der Waals surface area contributed by atoms with Crippen LogP contribution in [0.15, 0.2) is 141 Å². The summed E-state index contributed by atoms with van der Waals surface area (Å²) in [5, 5.41) is 46.7. The summed E-state index contributed by atoms with van der Waals surface area (Å²) in [5.74, 6) is -0.989. The number of nitrogens with zero attached hydrogens (tertiary/aromatic N) is 6. The minimum absolute atomic E-state index is 0.000662. The number of aryl methyl sites for hydroxylation is 1. The van der Waals surface area contributed by atoms with Crippen LogP contribution in [-0.4, -0.2) is 69.2 Å². The van der Waals surface area contributed by atoms with Crippen molar-refractivity contribution in [2.45, 2.75) is 26.5 Å². The summed E-state index contributed by atoms with van der Waals surface area (Å²) in [6, 6.07) is 17.0. The number of nitrogens with two attached hydrogens (primary N) is 1. The molecule has 0 radical (unpaired) electrons. The first-order chi connectivity index (χ1) is 29.8. The van der Waals surface area contributed by atoms with E-state index in [-0.39, 0.29) is 83.6 Å². The number of aromatic hydroxyl groups is 2. The van der Waals surface area contributed by atoms with E-state index in [0.29, 0.717) is 11.6 Å². The summed E-state index contributed by atoms with van der Waals surface area (Å²) >= 11 is 0. The molecular formula is C38H29N7O15S4. The van der Waals surface area contributed by atoms with E-state index in [0.717, 1.165) is 42.5 Å². The second-order valence-electron chi connectivity index (χ2n) is 13.6. The maximum Gasteiger partial charge on any atom is 0.294 e. The van der Waals surface area contributed by atoms with E-state index < -0.39 is 65.8 Å². The summed E-state index contributed by atoms with van der Waals surface area (Å²) in [7, 11) is -17.9. The third-order valence-corrected chi connectivity index (χ3v) is 12.8. The Morgan fingerprint density at radius 1 is 0.469 bits per heavy atom. The molecule has 0 saturated heterocycles. The van der Waals surface area contributed by atoms with Crippen LogP contribution in [0.3, 0.4) is 0 Å². The number of nitrogen functional groups attached to an aromatic ring is 1. The number of hydrogen-bond acceptors (Lipinski definition) is 18. The summed E-state index contributed by atoms with van der Waals surface area (Å²) in [5.41, 5.74) is 6.33. The van der Waals surface area contributed by atoms with Crippen molar-refractivity contribution in [1.29, 1.82) is 0 Å². The molecule has 0 saturated carbocycles. The quantitative estimate of drug-likeness (QED) is 0.0362. The van der Waals surface area contributed by atoms with E-state index in [1.54, 1.807) is 6.92 Å². The Labute approximate surface area is 361 Å². The lowest BCUT2D eigenvalue weighted by molar-refractivity contribution is 0.416. The average Bonchev–Trinajstić information content (AvgIpc) is 3.20. The molecule has 330 valence electrons. The van der Waals surface area contributed by atoms with Crippen molar-refractivity contribution < 1.29 is 66.8 Å². The van der Waals surface area contributed by atoms with Gasteiger partial charge < -0.3 is 20.7 Å². The summed E-state index contributed by atoms with van der Waals surface area (Å²) < 4.78 is 140. The third-order valence-electron chi connectivity index (χ3n) is 9.45. The zero-order valence-corrected chi connectivity index (χ0v) is 35.7. The minimum Gasteiger partial charge on any atom is -0.507 e. The van der Waals surface area contributed by atoms with E-state index in [1.165, 1.54) is 49.6 Å². The number of phenols is 2. The van der Waals surface area contributed by atoms with E-state index in [1.807, 2.05) is 0 Å². The van der Waals surface area contributed by atoms with E-state index in [4.69, 9.17) is 10.5 Å². The lowest BCUT2D eigenvalue weighted by atomic mass is 10.1. The minimum atomic E-state index is -4.94. The number of phenolic OH excluding ortho intramolecular Hbond substituents is 2. The number of rotatable bonds is 11. The van der Waals surface area contributed by atoms with Crippen LogP contribution in [0, 0.1) is 6.92 Å². The molecule has 0 fully saturated rings. The van der Waals surface area contributed by atoms with E-state index in [9.17, 15) is 62.1 Å². The molecular weight excluding hydrogens is 923 g/mol. The van der Waals surface area contributed by atoms with Crippen LogP contribution >= 0.6 is 0 Å². The zero-order chi connectivity index (χ0) is 46.7. The van der Waals surface area contributed by atoms with Gasteiger partial charge in [0.2, 0.25) is 0 Å². The Morgan fingerprint density at radius 2 is 1.00 bits per heavy atom. The molecule has 0 atom stereocenters. The Balaban J connectivity index is 1.29. The number of methoxy groups -OCH3 is 1. The van der Waals surface area contributed by atoms with Crippen LogP contribution in [0.1, 0.15) is 5.56 Å². The van der Waals surface area contributed by atoms with E-state index >= 15 is 0 Å². The molecule has 0 aliphatic carbocycles. The summed E-state index contributed by atoms with van der Waals surface area (Å²) in [6.07, 6.45) is 0. The molecule has 7 aromatic rings. The van der Waals surface area contributed by atoms with Gasteiger partial charge in [0.25, 0.3) is 40.5 Å². The SMILES string of the molecule is COc1cc(N=Nc2ccc(N=Nc3cc(S(=O)(=O)O)cc4cc(S(=O)(=O)O)cc(O)c34)c3ccc(S(=O)(=O)O)cc23)c(C)cc1N=Nc1c(O)ccc2cc(S(=O)(=O)O)cc(N)c12. The highest BCUT2D eigenvalue weighted by Gasteiger charge is 2.21. The van der Waals surface area contributed by atoms with Crippen LogP contribution in [-0.2, 0) is 40.5 Å². The predicted molar refractivity (Wildman–Crippen MR) is 229 cm³/mol. The largest absolute Gasteiger partial charge is 0.507 e. The molecule has 0 aliphatic rings. The van der Waals surface area contributed by atoms with Crippen molar-refractivity contribution in [1.82, 2.24) is 0 Å². The Hall–Kier alpha value is -7.04. The molecule has 26 heteroatoms. The lowest BCUT2D eigenvalue weighted by Crippen LogP contribution is -2.00. The van der Waals surface area contributed by atoms with Gasteiger partial charge >= 0.3 is 0 Å². The van der Waals surface area contributed by atoms with Gasteiger partial charge in [-0.3, -0.25) is 18.2 Å². The first-order valence-electron chi connectivity index (χ1n) is 17.6. The Morgan fingerprint density at radius 3 is 1.61 bits per heavy atom. The van der Waals surface area contributed by atoms with Gasteiger partial charge in [-0.25, -0.2) is 0 Å². The highest BCUT2D eigenvalue weighted by Crippen LogP contribution is 2.44. The van der Waals surface area contributed by atoms with Crippen LogP contribution < -0.4 is 10.5 Å². The maximum atomic E-state index is 12.2. The van der Waals surface area contributed by atoms with Crippen LogP contribution in [0.2, 0.25) is 0 Å². The lowest BCUT2D eigenvalue weighted by Gasteiger charge is -2.10. The zero-order valence-electron chi connectivity index (χ0n) is 32.4. The fourth-order valence-corrected chi connectivity index (χ4v) is 8.58. The first kappa shape index (κ1) is 45.0. The molecule has 0 spiro atoms. The van der Waals surface area contributed by atoms with Gasteiger partial charge in [0.1, 0.15) is 28.6 Å². The molecule has 22 nitrogen and oxygen atoms in total. The van der Waals surface area contributed by atoms with Crippen molar-refractivity contribution in [2.75, 3.05) is 12.8 Å². The number of benzene rings is 7. The summed E-state index contributed by atoms with van der Waals surface area (Å²) in [6.45, 7) is 1.64. The molecule has 0 aromatic heterocycles. The van der Waals surface area contributed by atoms with Gasteiger partial charge in [0, 0.05) is 34.0 Å². The van der Waals surface area contributed by atoms with Gasteiger partial charge in [0.15, 0.2) is 0 Å². The van der Waals surface area contributed by atoms with Crippen molar-refractivity contribution in [2.24, 2.45) is 30.7 Å². The number of fused-ring (bicyclic) bond motifs is 3. The fraction of sp³-hybridized carbons (Fsp3) is 0.0526. The van der Waals surface area contributed by atoms with E-state index in [2.05, 4.69) is 30.7 Å². The predicted octanol–water partition coefficient (Wildman–Crippen LogP) is 8.69. The number of ether oxygens (including phenoxy) is 1. The van der Waals surface area contributed by atoms with Gasteiger partial charge in [0.05, 0.1) is 54.8 Å². The molecule has 7 rings (SSSR count). The first-order valence-corrected chi connectivity index (χ1v) is 23.4. The number of hydrogen-bond donors (Lipinski definition) is 7. The van der Waals surface area contributed by atoms with Crippen LogP contribution in [0.25, 0.3) is 32.3 Å². The standard InChI is InChI=1S/C38H29N7O15S4/c1-18-9-31(43-45-38-33(46)8-3-19-10-22(62(51,52)53)14-27(39)36(19)38)35(60-2)17-30(18)42-41-29-7-6-28(25-5-4-21(13-26(25)29)61(48,49)50)40-44-32-15-23(63(54,55)56)11-20-12-24(64(57,58)59)16-34(47)37(20)32/h3-17,46-47H,39H2,1-2H3,(H,48,49,50)(H,51,52,53)(H,54,55,56)(H,57,58,59). The van der Waals surface area contributed by atoms with Crippen LogP contribution in [0.4, 0.5) is 39.8 Å². The molecule has 0 heterocycles. The molecule has 8 N–H and O–H groups in total. The van der Waals surface area contributed by atoms with Crippen molar-refractivity contribution >= 4 is 113 Å². The third kappa shape index (κ3) is 9.05. The Kier molecular flexibility index (Phi) is 11.4. The molecule has 0 amide bonds. The second kappa shape index (κ2) is 16.3. The van der Waals surface area contributed by atoms with Crippen molar-refractivity contribution in [3.63, 3.8) is 0 Å². The molecule has 7 aromatic carbocycles. The van der Waals surface area contributed by atoms with Gasteiger partial charge in [-0.05, 0) is 90.0 Å². The highest BCUT2D eigenvalue weighted by molar-refractivity contribution is 7.86. The highest BCUT2D eigenvalue weighted by atomic mass is 32.2. The second-order valence-corrected chi connectivity index (χ2v) is 19.3. The molecule has 64 heavy (non-hydrogen) atoms. The smallest absolute Gasteiger partial charge is 0.294 e.